The monoisotopic (exact) mass is 315 g/mol. The van der Waals surface area contributed by atoms with Crippen molar-refractivity contribution < 1.29 is 13.2 Å². The molecule has 0 bridgehead atoms. The topological polar surface area (TPSA) is 94.2 Å². The van der Waals surface area contributed by atoms with Crippen molar-refractivity contribution >= 4 is 15.9 Å². The molecular formula is C14H25N3O3S. The lowest BCUT2D eigenvalue weighted by molar-refractivity contribution is 0.0927. The highest BCUT2D eigenvalue weighted by atomic mass is 32.2. The van der Waals surface area contributed by atoms with Crippen LogP contribution in [0.3, 0.4) is 0 Å². The number of carbonyl (C=O) groups excluding carboxylic acids is 1. The van der Waals surface area contributed by atoms with Gasteiger partial charge in [0.1, 0.15) is 10.6 Å². The third-order valence-electron chi connectivity index (χ3n) is 3.31. The molecule has 1 aromatic rings. The Labute approximate surface area is 126 Å². The van der Waals surface area contributed by atoms with Crippen molar-refractivity contribution in [3.05, 3.63) is 18.0 Å². The van der Waals surface area contributed by atoms with Crippen LogP contribution in [0.4, 0.5) is 0 Å². The first kappa shape index (κ1) is 17.7. The van der Waals surface area contributed by atoms with Crippen molar-refractivity contribution in [1.29, 1.82) is 0 Å². The summed E-state index contributed by atoms with van der Waals surface area (Å²) in [7, 11) is -3.82. The summed E-state index contributed by atoms with van der Waals surface area (Å²) in [4.78, 5) is 12.3. The van der Waals surface area contributed by atoms with E-state index >= 15 is 0 Å². The molecular weight excluding hydrogens is 290 g/mol. The minimum atomic E-state index is -3.82. The zero-order valence-electron chi connectivity index (χ0n) is 13.1. The molecule has 0 spiro atoms. The summed E-state index contributed by atoms with van der Waals surface area (Å²) in [5.41, 5.74) is 0.317. The minimum absolute atomic E-state index is 0.0350. The zero-order chi connectivity index (χ0) is 16.2. The summed E-state index contributed by atoms with van der Waals surface area (Å²) in [5.74, 6) is -0.276. The summed E-state index contributed by atoms with van der Waals surface area (Å²) in [6.45, 7) is 7.79. The van der Waals surface area contributed by atoms with E-state index < -0.39 is 10.0 Å². The average Bonchev–Trinajstić information content (AvgIpc) is 2.81. The number of sulfonamides is 1. The van der Waals surface area contributed by atoms with Gasteiger partial charge in [-0.2, -0.15) is 0 Å². The van der Waals surface area contributed by atoms with E-state index in [1.54, 1.807) is 4.57 Å². The second-order valence-corrected chi connectivity index (χ2v) is 7.19. The molecule has 1 heterocycles. The van der Waals surface area contributed by atoms with E-state index in [2.05, 4.69) is 12.2 Å². The predicted octanol–water partition coefficient (Wildman–Crippen LogP) is 2.02. The molecule has 0 saturated carbocycles. The maximum Gasteiger partial charge on any atom is 0.268 e. The lowest BCUT2D eigenvalue weighted by atomic mass is 10.1. The highest BCUT2D eigenvalue weighted by Crippen LogP contribution is 2.18. The third-order valence-corrected chi connectivity index (χ3v) is 4.19. The van der Waals surface area contributed by atoms with E-state index in [0.29, 0.717) is 5.69 Å². The molecule has 1 atom stereocenters. The van der Waals surface area contributed by atoms with Gasteiger partial charge in [0, 0.05) is 18.3 Å². The molecule has 1 rings (SSSR count). The largest absolute Gasteiger partial charge is 0.348 e. The number of hydrogen-bond acceptors (Lipinski definition) is 3. The Morgan fingerprint density at radius 3 is 2.48 bits per heavy atom. The second kappa shape index (κ2) is 7.09. The fourth-order valence-corrected chi connectivity index (χ4v) is 2.64. The SMILES string of the molecule is CCCCC(C)NC(=O)c1cc(S(N)(=O)=O)cn1C(C)C. The summed E-state index contributed by atoms with van der Waals surface area (Å²) in [6.07, 6.45) is 4.41. The third kappa shape index (κ3) is 4.86. The Morgan fingerprint density at radius 1 is 1.38 bits per heavy atom. The summed E-state index contributed by atoms with van der Waals surface area (Å²) >= 11 is 0. The van der Waals surface area contributed by atoms with Crippen LogP contribution in [-0.2, 0) is 10.0 Å². The van der Waals surface area contributed by atoms with E-state index in [1.807, 2.05) is 20.8 Å². The number of amides is 1. The molecule has 0 radical (unpaired) electrons. The molecule has 0 aromatic carbocycles. The van der Waals surface area contributed by atoms with Gasteiger partial charge in [-0.1, -0.05) is 19.8 Å². The van der Waals surface area contributed by atoms with Gasteiger partial charge in [0.05, 0.1) is 0 Å². The van der Waals surface area contributed by atoms with Crippen molar-refractivity contribution in [2.45, 2.75) is 63.9 Å². The van der Waals surface area contributed by atoms with Crippen molar-refractivity contribution in [2.75, 3.05) is 0 Å². The summed E-state index contributed by atoms with van der Waals surface area (Å²) in [5, 5.41) is 8.03. The Hall–Kier alpha value is -1.34. The molecule has 0 aliphatic carbocycles. The lowest BCUT2D eigenvalue weighted by Gasteiger charge is -2.16. The maximum atomic E-state index is 12.3. The molecule has 6 nitrogen and oxygen atoms in total. The van der Waals surface area contributed by atoms with Crippen LogP contribution < -0.4 is 10.5 Å². The zero-order valence-corrected chi connectivity index (χ0v) is 13.9. The smallest absolute Gasteiger partial charge is 0.268 e. The molecule has 120 valence electrons. The molecule has 1 unspecified atom stereocenters. The normalized spacial score (nSPS) is 13.4. The molecule has 0 saturated heterocycles. The second-order valence-electron chi connectivity index (χ2n) is 5.62. The molecule has 0 fully saturated rings. The highest BCUT2D eigenvalue weighted by Gasteiger charge is 2.21. The van der Waals surface area contributed by atoms with Gasteiger partial charge < -0.3 is 9.88 Å². The van der Waals surface area contributed by atoms with Crippen molar-refractivity contribution in [3.8, 4) is 0 Å². The first-order valence-corrected chi connectivity index (χ1v) is 8.77. The van der Waals surface area contributed by atoms with E-state index in [9.17, 15) is 13.2 Å². The van der Waals surface area contributed by atoms with Crippen LogP contribution >= 0.6 is 0 Å². The van der Waals surface area contributed by atoms with Gasteiger partial charge in [-0.15, -0.1) is 0 Å². The van der Waals surface area contributed by atoms with Gasteiger partial charge in [0.25, 0.3) is 5.91 Å². The van der Waals surface area contributed by atoms with Gasteiger partial charge in [-0.05, 0) is 33.3 Å². The number of aromatic nitrogens is 1. The van der Waals surface area contributed by atoms with Gasteiger partial charge in [-0.3, -0.25) is 4.79 Å². The first-order valence-electron chi connectivity index (χ1n) is 7.22. The number of hydrogen-bond donors (Lipinski definition) is 2. The summed E-state index contributed by atoms with van der Waals surface area (Å²) in [6, 6.07) is 1.34. The van der Waals surface area contributed by atoms with Crippen molar-refractivity contribution in [2.24, 2.45) is 5.14 Å². The molecule has 7 heteroatoms. The van der Waals surface area contributed by atoms with Gasteiger partial charge in [0.2, 0.25) is 10.0 Å². The van der Waals surface area contributed by atoms with Gasteiger partial charge in [0.15, 0.2) is 0 Å². The van der Waals surface area contributed by atoms with Crippen LogP contribution in [0.5, 0.6) is 0 Å². The standard InChI is InChI=1S/C14H25N3O3S/c1-5-6-7-11(4)16-14(18)13-8-12(21(15,19)20)9-17(13)10(2)3/h8-11H,5-7H2,1-4H3,(H,16,18)(H2,15,19,20). The molecule has 0 aliphatic rings. The molecule has 21 heavy (non-hydrogen) atoms. The first-order chi connectivity index (χ1) is 9.66. The molecule has 1 amide bonds. The van der Waals surface area contributed by atoms with Gasteiger partial charge in [-0.25, -0.2) is 13.6 Å². The number of carbonyl (C=O) groups is 1. The van der Waals surface area contributed by atoms with Crippen LogP contribution in [0.2, 0.25) is 0 Å². The highest BCUT2D eigenvalue weighted by molar-refractivity contribution is 7.89. The fourth-order valence-electron chi connectivity index (χ4n) is 2.10. The summed E-state index contributed by atoms with van der Waals surface area (Å²) < 4.78 is 24.5. The average molecular weight is 315 g/mol. The quantitative estimate of drug-likeness (QED) is 0.806. The van der Waals surface area contributed by atoms with E-state index in [4.69, 9.17) is 5.14 Å². The number of rotatable bonds is 7. The van der Waals surface area contributed by atoms with Crippen molar-refractivity contribution in [1.82, 2.24) is 9.88 Å². The number of nitrogens with one attached hydrogen (secondary N) is 1. The maximum absolute atomic E-state index is 12.3. The van der Waals surface area contributed by atoms with Gasteiger partial charge >= 0.3 is 0 Å². The molecule has 3 N–H and O–H groups in total. The van der Waals surface area contributed by atoms with Crippen LogP contribution in [0.1, 0.15) is 63.5 Å². The van der Waals surface area contributed by atoms with Crippen LogP contribution in [0.15, 0.2) is 17.2 Å². The Bertz CT molecular complexity index is 591. The van der Waals surface area contributed by atoms with E-state index in [1.165, 1.54) is 12.3 Å². The van der Waals surface area contributed by atoms with Crippen LogP contribution in [0, 0.1) is 0 Å². The number of unbranched alkanes of at least 4 members (excludes halogenated alkanes) is 1. The Kier molecular flexibility index (Phi) is 5.98. The predicted molar refractivity (Wildman–Crippen MR) is 82.6 cm³/mol. The number of nitrogens with zero attached hydrogens (tertiary/aromatic N) is 1. The number of primary sulfonamides is 1. The van der Waals surface area contributed by atoms with Crippen LogP contribution in [0.25, 0.3) is 0 Å². The van der Waals surface area contributed by atoms with E-state index in [-0.39, 0.29) is 22.9 Å². The Balaban J connectivity index is 3.00. The van der Waals surface area contributed by atoms with Crippen molar-refractivity contribution in [3.63, 3.8) is 0 Å². The number of nitrogens with two attached hydrogens (primary N) is 1. The lowest BCUT2D eigenvalue weighted by Crippen LogP contribution is -2.34. The van der Waals surface area contributed by atoms with E-state index in [0.717, 1.165) is 19.3 Å². The fraction of sp³-hybridized carbons (Fsp3) is 0.643. The minimum Gasteiger partial charge on any atom is -0.348 e. The van der Waals surface area contributed by atoms with Crippen LogP contribution in [-0.4, -0.2) is 24.9 Å². The molecule has 1 aromatic heterocycles. The molecule has 0 aliphatic heterocycles. The Morgan fingerprint density at radius 2 is 2.00 bits per heavy atom.